The van der Waals surface area contributed by atoms with E-state index in [1.54, 1.807) is 23.9 Å². The third kappa shape index (κ3) is 6.71. The molecule has 34 heavy (non-hydrogen) atoms. The Morgan fingerprint density at radius 1 is 1.18 bits per heavy atom. The number of thioether (sulfide) groups is 1. The summed E-state index contributed by atoms with van der Waals surface area (Å²) in [6, 6.07) is 14.8. The maximum Gasteiger partial charge on any atom is 0.230 e. The van der Waals surface area contributed by atoms with Crippen LogP contribution in [0, 0.1) is 5.92 Å². The normalized spacial score (nSPS) is 16.9. The largest absolute Gasteiger partial charge is 0.300 e. The first-order chi connectivity index (χ1) is 16.3. The van der Waals surface area contributed by atoms with Crippen LogP contribution in [0.25, 0.3) is 0 Å². The summed E-state index contributed by atoms with van der Waals surface area (Å²) in [7, 11) is -3.64. The molecule has 0 bridgehead atoms. The van der Waals surface area contributed by atoms with Gasteiger partial charge < -0.3 is 5.32 Å². The van der Waals surface area contributed by atoms with E-state index in [0.29, 0.717) is 40.1 Å². The Morgan fingerprint density at radius 2 is 1.97 bits per heavy atom. The zero-order valence-electron chi connectivity index (χ0n) is 18.0. The molecule has 1 N–H and O–H groups in total. The minimum atomic E-state index is -3.64. The average molecular weight is 558 g/mol. The first kappa shape index (κ1) is 25.4. The van der Waals surface area contributed by atoms with Crippen LogP contribution in [0.4, 0.5) is 5.13 Å². The van der Waals surface area contributed by atoms with E-state index in [0.717, 1.165) is 10.1 Å². The summed E-state index contributed by atoms with van der Waals surface area (Å²) in [5.74, 6) is -0.194. The van der Waals surface area contributed by atoms with Crippen molar-refractivity contribution >= 4 is 67.4 Å². The van der Waals surface area contributed by atoms with Crippen LogP contribution in [-0.4, -0.2) is 41.9 Å². The molecule has 0 saturated carbocycles. The molecule has 1 amide bonds. The molecular weight excluding hydrogens is 535 g/mol. The molecular formula is C22H22Cl2N4O3S3. The Morgan fingerprint density at radius 3 is 2.74 bits per heavy atom. The molecule has 4 rings (SSSR count). The summed E-state index contributed by atoms with van der Waals surface area (Å²) in [6.07, 6.45) is 1.20. The molecule has 1 aliphatic rings. The van der Waals surface area contributed by atoms with Gasteiger partial charge in [0.2, 0.25) is 21.1 Å². The fourth-order valence-corrected chi connectivity index (χ4v) is 7.49. The number of nitrogens with one attached hydrogen (secondary N) is 1. The van der Waals surface area contributed by atoms with Crippen molar-refractivity contribution < 1.29 is 13.2 Å². The summed E-state index contributed by atoms with van der Waals surface area (Å²) in [6.45, 7) is 0.490. The number of halogens is 2. The van der Waals surface area contributed by atoms with Crippen LogP contribution in [0.15, 0.2) is 52.9 Å². The first-order valence-corrected chi connectivity index (χ1v) is 14.7. The third-order valence-electron chi connectivity index (χ3n) is 5.34. The Bertz CT molecular complexity index is 1260. The number of carbonyl (C=O) groups excluding carboxylic acids is 1. The van der Waals surface area contributed by atoms with Crippen molar-refractivity contribution in [3.8, 4) is 0 Å². The van der Waals surface area contributed by atoms with Gasteiger partial charge in [0, 0.05) is 28.9 Å². The van der Waals surface area contributed by atoms with Gasteiger partial charge in [0.1, 0.15) is 0 Å². The third-order valence-corrected chi connectivity index (χ3v) is 9.77. The molecule has 1 saturated heterocycles. The zero-order valence-corrected chi connectivity index (χ0v) is 21.9. The molecule has 0 unspecified atom stereocenters. The standard InChI is InChI=1S/C22H22Cl2N4O3S3/c23-18-9-8-17(19(24)11-18)14-34(30,31)28-10-4-7-16(12-28)20(29)25-21-26-27-22(33-21)32-13-15-5-2-1-3-6-15/h1-3,5-6,8-9,11,16H,4,7,10,12-14H2,(H,25,26,29)/t16-/m0/s1. The van der Waals surface area contributed by atoms with Crippen LogP contribution in [0.1, 0.15) is 24.0 Å². The molecule has 1 atom stereocenters. The minimum absolute atomic E-state index is 0.119. The molecule has 2 aromatic carbocycles. The van der Waals surface area contributed by atoms with Crippen LogP contribution in [0.5, 0.6) is 0 Å². The Hall–Kier alpha value is -1.69. The molecule has 1 aliphatic heterocycles. The second-order valence-electron chi connectivity index (χ2n) is 7.83. The van der Waals surface area contributed by atoms with Gasteiger partial charge in [0.15, 0.2) is 4.34 Å². The van der Waals surface area contributed by atoms with Gasteiger partial charge in [-0.05, 0) is 36.1 Å². The predicted octanol–water partition coefficient (Wildman–Crippen LogP) is 5.32. The number of benzene rings is 2. The fraction of sp³-hybridized carbons (Fsp3) is 0.318. The summed E-state index contributed by atoms with van der Waals surface area (Å²) in [5, 5.41) is 12.2. The summed E-state index contributed by atoms with van der Waals surface area (Å²) < 4.78 is 28.1. The van der Waals surface area contributed by atoms with Gasteiger partial charge in [0.05, 0.1) is 11.7 Å². The lowest BCUT2D eigenvalue weighted by molar-refractivity contribution is -0.120. The lowest BCUT2D eigenvalue weighted by atomic mass is 9.99. The van der Waals surface area contributed by atoms with Crippen molar-refractivity contribution in [3.05, 3.63) is 69.7 Å². The highest BCUT2D eigenvalue weighted by Crippen LogP contribution is 2.30. The molecule has 1 fully saturated rings. The number of rotatable bonds is 8. The van der Waals surface area contributed by atoms with Gasteiger partial charge in [-0.25, -0.2) is 12.7 Å². The SMILES string of the molecule is O=C(Nc1nnc(SCc2ccccc2)s1)[C@H]1CCCN(S(=O)(=O)Cc2ccc(Cl)cc2Cl)C1. The molecule has 12 heteroatoms. The second kappa shape index (κ2) is 11.4. The monoisotopic (exact) mass is 556 g/mol. The quantitative estimate of drug-likeness (QED) is 0.298. The number of piperidine rings is 1. The zero-order chi connectivity index (χ0) is 24.1. The van der Waals surface area contributed by atoms with Gasteiger partial charge in [-0.2, -0.15) is 0 Å². The van der Waals surface area contributed by atoms with Crippen LogP contribution in [-0.2, 0) is 26.3 Å². The summed E-state index contributed by atoms with van der Waals surface area (Å²) in [4.78, 5) is 12.8. The van der Waals surface area contributed by atoms with E-state index in [9.17, 15) is 13.2 Å². The van der Waals surface area contributed by atoms with E-state index < -0.39 is 15.9 Å². The van der Waals surface area contributed by atoms with Gasteiger partial charge in [-0.3, -0.25) is 4.79 Å². The van der Waals surface area contributed by atoms with Crippen molar-refractivity contribution in [3.63, 3.8) is 0 Å². The number of carbonyl (C=O) groups is 1. The Balaban J connectivity index is 1.34. The summed E-state index contributed by atoms with van der Waals surface area (Å²) >= 11 is 14.9. The van der Waals surface area contributed by atoms with Crippen LogP contribution >= 0.6 is 46.3 Å². The van der Waals surface area contributed by atoms with Crippen molar-refractivity contribution in [1.82, 2.24) is 14.5 Å². The van der Waals surface area contributed by atoms with Crippen LogP contribution in [0.2, 0.25) is 10.0 Å². The van der Waals surface area contributed by atoms with Crippen LogP contribution in [0.3, 0.4) is 0 Å². The van der Waals surface area contributed by atoms with E-state index in [4.69, 9.17) is 23.2 Å². The summed E-state index contributed by atoms with van der Waals surface area (Å²) in [5.41, 5.74) is 1.66. The van der Waals surface area contributed by atoms with Gasteiger partial charge >= 0.3 is 0 Å². The van der Waals surface area contributed by atoms with Gasteiger partial charge in [-0.1, -0.05) is 82.7 Å². The van der Waals surface area contributed by atoms with E-state index in [-0.39, 0.29) is 18.2 Å². The maximum atomic E-state index is 13.0. The minimum Gasteiger partial charge on any atom is -0.300 e. The van der Waals surface area contributed by atoms with Gasteiger partial charge in [-0.15, -0.1) is 10.2 Å². The number of amides is 1. The smallest absolute Gasteiger partial charge is 0.230 e. The number of hydrogen-bond donors (Lipinski definition) is 1. The molecule has 7 nitrogen and oxygen atoms in total. The lowest BCUT2D eigenvalue weighted by Gasteiger charge is -2.31. The molecule has 180 valence electrons. The molecule has 0 radical (unpaired) electrons. The van der Waals surface area contributed by atoms with E-state index in [1.807, 2.05) is 30.3 Å². The van der Waals surface area contributed by atoms with Crippen molar-refractivity contribution in [2.75, 3.05) is 18.4 Å². The fourth-order valence-electron chi connectivity index (χ4n) is 3.58. The number of nitrogens with zero attached hydrogens (tertiary/aromatic N) is 3. The molecule has 2 heterocycles. The number of hydrogen-bond acceptors (Lipinski definition) is 7. The average Bonchev–Trinajstić information content (AvgIpc) is 3.27. The van der Waals surface area contributed by atoms with Crippen molar-refractivity contribution in [1.29, 1.82) is 0 Å². The number of anilines is 1. The van der Waals surface area contributed by atoms with Crippen LogP contribution < -0.4 is 5.32 Å². The highest BCUT2D eigenvalue weighted by molar-refractivity contribution is 8.00. The molecule has 0 spiro atoms. The maximum absolute atomic E-state index is 13.0. The molecule has 0 aliphatic carbocycles. The van der Waals surface area contributed by atoms with E-state index in [1.165, 1.54) is 27.3 Å². The van der Waals surface area contributed by atoms with E-state index >= 15 is 0 Å². The van der Waals surface area contributed by atoms with Gasteiger partial charge in [0.25, 0.3) is 0 Å². The highest BCUT2D eigenvalue weighted by atomic mass is 35.5. The molecule has 3 aromatic rings. The Kier molecular flexibility index (Phi) is 8.49. The topological polar surface area (TPSA) is 92.3 Å². The number of aromatic nitrogens is 2. The van der Waals surface area contributed by atoms with E-state index in [2.05, 4.69) is 15.5 Å². The first-order valence-electron chi connectivity index (χ1n) is 10.5. The highest BCUT2D eigenvalue weighted by Gasteiger charge is 2.33. The lowest BCUT2D eigenvalue weighted by Crippen LogP contribution is -2.44. The molecule has 1 aromatic heterocycles. The van der Waals surface area contributed by atoms with Crippen molar-refractivity contribution in [2.45, 2.75) is 28.7 Å². The number of sulfonamides is 1. The predicted molar refractivity (Wildman–Crippen MR) is 138 cm³/mol. The Labute approximate surface area is 216 Å². The second-order valence-corrected chi connectivity index (χ2v) is 12.8. The van der Waals surface area contributed by atoms with Crippen molar-refractivity contribution in [2.24, 2.45) is 5.92 Å².